The van der Waals surface area contributed by atoms with Gasteiger partial charge in [-0.1, -0.05) is 0 Å². The van der Waals surface area contributed by atoms with Gasteiger partial charge in [0, 0.05) is 42.8 Å². The van der Waals surface area contributed by atoms with Crippen molar-refractivity contribution in [2.45, 2.75) is 83.5 Å². The number of rotatable bonds is 5. The van der Waals surface area contributed by atoms with Crippen molar-refractivity contribution in [3.05, 3.63) is 0 Å². The molecule has 0 saturated carbocycles. The molecule has 0 radical (unpaired) electrons. The van der Waals surface area contributed by atoms with Crippen LogP contribution in [0.3, 0.4) is 0 Å². The van der Waals surface area contributed by atoms with E-state index in [0.717, 1.165) is 0 Å². The Balaban J connectivity index is 1.91. The lowest BCUT2D eigenvalue weighted by Gasteiger charge is -2.35. The highest BCUT2D eigenvalue weighted by Gasteiger charge is 2.69. The van der Waals surface area contributed by atoms with Gasteiger partial charge in [0.1, 0.15) is 0 Å². The molecule has 0 amide bonds. The van der Waals surface area contributed by atoms with Crippen LogP contribution in [0.1, 0.15) is 41.5 Å². The van der Waals surface area contributed by atoms with Crippen molar-refractivity contribution in [3.63, 3.8) is 0 Å². The van der Waals surface area contributed by atoms with Crippen LogP contribution in [0.2, 0.25) is 0 Å². The second-order valence-electron chi connectivity index (χ2n) is 7.05. The van der Waals surface area contributed by atoms with Gasteiger partial charge in [0.15, 0.2) is 5.66 Å². The minimum Gasteiger partial charge on any atom is -0.479 e. The van der Waals surface area contributed by atoms with E-state index in [1.54, 1.807) is 0 Å². The van der Waals surface area contributed by atoms with E-state index in [-0.39, 0.29) is 0 Å². The third-order valence-corrected chi connectivity index (χ3v) is 6.23. The van der Waals surface area contributed by atoms with Gasteiger partial charge in [-0.2, -0.15) is 0 Å². The van der Waals surface area contributed by atoms with Crippen LogP contribution in [0.25, 0.3) is 0 Å². The monoisotopic (exact) mass is 281 g/mol. The molecule has 6 atom stereocenters. The second kappa shape index (κ2) is 4.18. The van der Waals surface area contributed by atoms with Gasteiger partial charge in [0.2, 0.25) is 0 Å². The van der Waals surface area contributed by atoms with Crippen LogP contribution >= 0.6 is 0 Å². The lowest BCUT2D eigenvalue weighted by molar-refractivity contribution is -0.157. The SMILES string of the molecule is CC1C(C)N1CC(C(=O)O)(N1C(C)C1C)N1C(C)C1C. The second-order valence-corrected chi connectivity index (χ2v) is 7.05. The van der Waals surface area contributed by atoms with Crippen LogP contribution in [-0.4, -0.2) is 74.2 Å². The van der Waals surface area contributed by atoms with Gasteiger partial charge in [-0.05, 0) is 41.5 Å². The number of nitrogens with zero attached hydrogens (tertiary/aromatic N) is 3. The molecule has 20 heavy (non-hydrogen) atoms. The van der Waals surface area contributed by atoms with Crippen molar-refractivity contribution in [2.24, 2.45) is 0 Å². The van der Waals surface area contributed by atoms with E-state index in [0.29, 0.717) is 42.8 Å². The number of hydrogen-bond donors (Lipinski definition) is 1. The van der Waals surface area contributed by atoms with Crippen molar-refractivity contribution in [2.75, 3.05) is 6.54 Å². The summed E-state index contributed by atoms with van der Waals surface area (Å²) in [5.74, 6) is -0.684. The summed E-state index contributed by atoms with van der Waals surface area (Å²) < 4.78 is 0. The van der Waals surface area contributed by atoms with E-state index in [2.05, 4.69) is 56.2 Å². The van der Waals surface area contributed by atoms with Crippen LogP contribution in [-0.2, 0) is 4.79 Å². The molecule has 0 aromatic rings. The van der Waals surface area contributed by atoms with Crippen LogP contribution in [0.5, 0.6) is 0 Å². The molecule has 3 heterocycles. The third kappa shape index (κ3) is 1.69. The zero-order valence-electron chi connectivity index (χ0n) is 13.4. The average Bonchev–Trinajstić information content (AvgIpc) is 3.28. The maximum absolute atomic E-state index is 12.2. The molecule has 3 rings (SSSR count). The summed E-state index contributed by atoms with van der Waals surface area (Å²) in [6.07, 6.45) is 0. The fraction of sp³-hybridized carbons (Fsp3) is 0.933. The molecule has 6 unspecified atom stereocenters. The van der Waals surface area contributed by atoms with Gasteiger partial charge < -0.3 is 5.11 Å². The van der Waals surface area contributed by atoms with E-state index in [4.69, 9.17) is 0 Å². The molecule has 114 valence electrons. The van der Waals surface area contributed by atoms with Gasteiger partial charge >= 0.3 is 5.97 Å². The molecule has 5 heteroatoms. The molecule has 3 fully saturated rings. The Labute approximate surface area is 121 Å². The minimum atomic E-state index is -0.837. The molecule has 3 saturated heterocycles. The molecule has 3 aliphatic rings. The third-order valence-electron chi connectivity index (χ3n) is 6.23. The lowest BCUT2D eigenvalue weighted by atomic mass is 10.1. The Kier molecular flexibility index (Phi) is 2.99. The van der Waals surface area contributed by atoms with Crippen molar-refractivity contribution in [3.8, 4) is 0 Å². The maximum Gasteiger partial charge on any atom is 0.340 e. The fourth-order valence-corrected chi connectivity index (χ4v) is 4.06. The smallest absolute Gasteiger partial charge is 0.340 e. The Morgan fingerprint density at radius 2 is 1.20 bits per heavy atom. The molecule has 5 nitrogen and oxygen atoms in total. The largest absolute Gasteiger partial charge is 0.479 e. The minimum absolute atomic E-state index is 0.358. The molecule has 0 aliphatic carbocycles. The highest BCUT2D eigenvalue weighted by atomic mass is 16.4. The van der Waals surface area contributed by atoms with Gasteiger partial charge in [-0.25, -0.2) is 4.79 Å². The molecule has 0 bridgehead atoms. The molecular weight excluding hydrogens is 254 g/mol. The van der Waals surface area contributed by atoms with Crippen molar-refractivity contribution in [1.82, 2.24) is 14.7 Å². The molecular formula is C15H27N3O2. The Hall–Kier alpha value is -0.650. The van der Waals surface area contributed by atoms with Gasteiger partial charge in [-0.15, -0.1) is 0 Å². The van der Waals surface area contributed by atoms with Gasteiger partial charge in [-0.3, -0.25) is 14.7 Å². The Bertz CT molecular complexity index is 397. The van der Waals surface area contributed by atoms with Crippen LogP contribution in [0, 0.1) is 0 Å². The van der Waals surface area contributed by atoms with Crippen molar-refractivity contribution < 1.29 is 9.90 Å². The first-order chi connectivity index (χ1) is 9.25. The van der Waals surface area contributed by atoms with Crippen LogP contribution in [0.4, 0.5) is 0 Å². The number of carbonyl (C=O) groups is 1. The fourth-order valence-electron chi connectivity index (χ4n) is 4.06. The average molecular weight is 281 g/mol. The number of hydrogen-bond acceptors (Lipinski definition) is 4. The summed E-state index contributed by atoms with van der Waals surface area (Å²) in [5.41, 5.74) is -0.837. The predicted molar refractivity (Wildman–Crippen MR) is 77.5 cm³/mol. The van der Waals surface area contributed by atoms with E-state index in [1.807, 2.05) is 0 Å². The highest BCUT2D eigenvalue weighted by Crippen LogP contribution is 2.49. The van der Waals surface area contributed by atoms with E-state index < -0.39 is 11.6 Å². The van der Waals surface area contributed by atoms with Gasteiger partial charge in [0.05, 0.1) is 0 Å². The Morgan fingerprint density at radius 3 is 1.40 bits per heavy atom. The zero-order valence-corrected chi connectivity index (χ0v) is 13.4. The highest BCUT2D eigenvalue weighted by molar-refractivity contribution is 5.80. The predicted octanol–water partition coefficient (Wildman–Crippen LogP) is 1.05. The molecule has 3 aliphatic heterocycles. The first-order valence-electron chi connectivity index (χ1n) is 7.81. The molecule has 0 aromatic carbocycles. The van der Waals surface area contributed by atoms with Crippen molar-refractivity contribution in [1.29, 1.82) is 0 Å². The van der Waals surface area contributed by atoms with E-state index in [9.17, 15) is 9.90 Å². The summed E-state index contributed by atoms with van der Waals surface area (Å²) >= 11 is 0. The standard InChI is InChI=1S/C15H27N3O2/c1-8-9(2)16(8)7-15(14(19)20,17-10(3)11(17)4)18-12(5)13(18)6/h8-13H,7H2,1-6H3,(H,19,20). The van der Waals surface area contributed by atoms with E-state index >= 15 is 0 Å². The number of aliphatic carboxylic acids is 1. The first-order valence-corrected chi connectivity index (χ1v) is 7.81. The normalized spacial score (nSPS) is 56.0. The van der Waals surface area contributed by atoms with Crippen LogP contribution in [0.15, 0.2) is 0 Å². The summed E-state index contributed by atoms with van der Waals surface area (Å²) in [7, 11) is 0. The Morgan fingerprint density at radius 1 is 0.850 bits per heavy atom. The van der Waals surface area contributed by atoms with Crippen LogP contribution < -0.4 is 0 Å². The first kappa shape index (κ1) is 14.3. The lowest BCUT2D eigenvalue weighted by Crippen LogP contribution is -2.60. The topological polar surface area (TPSA) is 46.3 Å². The summed E-state index contributed by atoms with van der Waals surface area (Å²) in [5, 5.41) is 10.1. The quantitative estimate of drug-likeness (QED) is 0.763. The van der Waals surface area contributed by atoms with Crippen molar-refractivity contribution >= 4 is 5.97 Å². The summed E-state index contributed by atoms with van der Waals surface area (Å²) in [6.45, 7) is 13.5. The summed E-state index contributed by atoms with van der Waals surface area (Å²) in [4.78, 5) is 18.9. The number of carboxylic acid groups (broad SMARTS) is 1. The summed E-state index contributed by atoms with van der Waals surface area (Å²) in [6, 6.07) is 2.44. The maximum atomic E-state index is 12.2. The zero-order chi connectivity index (χ0) is 15.0. The molecule has 0 spiro atoms. The number of carboxylic acids is 1. The van der Waals surface area contributed by atoms with E-state index in [1.165, 1.54) is 0 Å². The van der Waals surface area contributed by atoms with Gasteiger partial charge in [0.25, 0.3) is 0 Å². The molecule has 1 N–H and O–H groups in total. The molecule has 0 aromatic heterocycles.